The van der Waals surface area contributed by atoms with Gasteiger partial charge in [0.1, 0.15) is 0 Å². The van der Waals surface area contributed by atoms with Crippen LogP contribution in [0.5, 0.6) is 0 Å². The highest BCUT2D eigenvalue weighted by Crippen LogP contribution is 2.39. The van der Waals surface area contributed by atoms with Crippen LogP contribution in [0.25, 0.3) is 0 Å². The number of imide groups is 1. The van der Waals surface area contributed by atoms with Crippen molar-refractivity contribution in [3.8, 4) is 0 Å². The van der Waals surface area contributed by atoms with Crippen molar-refractivity contribution >= 4 is 35.0 Å². The standard InChI is InChI=1S/C23H20ClN3O5/c1-14-5-4-7-18-20(14)23(30)26(22(18)29)25(13-16-6-2-3-8-19(16)24)21(28)15-9-11-17(12-10-15)27(31)32/h2-6,8-12,14,18,20H,7,13H2,1H3/t14-,18-,20-/m1/s1. The number of fused-ring (bicyclic) bond motifs is 1. The maximum atomic E-state index is 13.5. The average Bonchev–Trinajstić information content (AvgIpc) is 3.04. The number of rotatable bonds is 5. The van der Waals surface area contributed by atoms with Crippen molar-refractivity contribution in [3.63, 3.8) is 0 Å². The topological polar surface area (TPSA) is 101 Å². The van der Waals surface area contributed by atoms with Gasteiger partial charge in [0.25, 0.3) is 23.4 Å². The maximum absolute atomic E-state index is 13.5. The van der Waals surface area contributed by atoms with Gasteiger partial charge in [-0.2, -0.15) is 5.01 Å². The van der Waals surface area contributed by atoms with E-state index in [2.05, 4.69) is 0 Å². The van der Waals surface area contributed by atoms with Crippen LogP contribution in [0, 0.1) is 27.9 Å². The van der Waals surface area contributed by atoms with Crippen LogP contribution in [0.3, 0.4) is 0 Å². The van der Waals surface area contributed by atoms with E-state index in [0.29, 0.717) is 17.0 Å². The molecule has 1 heterocycles. The largest absolute Gasteiger partial charge is 0.273 e. The number of allylic oxidation sites excluding steroid dienone is 2. The number of nitro groups is 1. The van der Waals surface area contributed by atoms with Crippen LogP contribution < -0.4 is 0 Å². The molecular formula is C23H20ClN3O5. The van der Waals surface area contributed by atoms with Crippen molar-refractivity contribution in [2.75, 3.05) is 0 Å². The SMILES string of the molecule is C[C@@H]1C=CC[C@H]2C(=O)N(N(Cc3ccccc3Cl)C(=O)c3ccc([N+](=O)[O-])cc3)C(=O)[C@H]12. The molecule has 0 bridgehead atoms. The van der Waals surface area contributed by atoms with Crippen LogP contribution in [-0.4, -0.2) is 32.7 Å². The molecule has 3 atom stereocenters. The summed E-state index contributed by atoms with van der Waals surface area (Å²) in [6.45, 7) is 1.77. The lowest BCUT2D eigenvalue weighted by atomic mass is 9.78. The second kappa shape index (κ2) is 8.55. The Hall–Kier alpha value is -3.52. The summed E-state index contributed by atoms with van der Waals surface area (Å²) in [5.74, 6) is -2.68. The number of carbonyl (C=O) groups excluding carboxylic acids is 3. The Balaban J connectivity index is 1.73. The first-order valence-corrected chi connectivity index (χ1v) is 10.5. The molecule has 1 aliphatic heterocycles. The quantitative estimate of drug-likeness (QED) is 0.295. The molecule has 1 aliphatic carbocycles. The number of amides is 3. The molecule has 0 aromatic heterocycles. The van der Waals surface area contributed by atoms with E-state index < -0.39 is 34.5 Å². The number of hydrazine groups is 1. The summed E-state index contributed by atoms with van der Waals surface area (Å²) >= 11 is 6.29. The fourth-order valence-electron chi connectivity index (χ4n) is 4.26. The molecular weight excluding hydrogens is 434 g/mol. The van der Waals surface area contributed by atoms with E-state index in [4.69, 9.17) is 11.6 Å². The van der Waals surface area contributed by atoms with Gasteiger partial charge in [-0.25, -0.2) is 5.01 Å². The van der Waals surface area contributed by atoms with Gasteiger partial charge in [-0.1, -0.05) is 48.9 Å². The molecule has 2 aromatic carbocycles. The molecule has 1 fully saturated rings. The second-order valence-corrected chi connectivity index (χ2v) is 8.31. The van der Waals surface area contributed by atoms with Crippen LogP contribution in [0.15, 0.2) is 60.7 Å². The Morgan fingerprint density at radius 1 is 1.16 bits per heavy atom. The normalized spacial score (nSPS) is 22.1. The zero-order chi connectivity index (χ0) is 23.0. The monoisotopic (exact) mass is 453 g/mol. The van der Waals surface area contributed by atoms with Gasteiger partial charge in [0.15, 0.2) is 0 Å². The van der Waals surface area contributed by atoms with Crippen molar-refractivity contribution in [1.82, 2.24) is 10.0 Å². The minimum Gasteiger partial charge on any atom is -0.272 e. The summed E-state index contributed by atoms with van der Waals surface area (Å²) in [6, 6.07) is 11.9. The Bertz CT molecular complexity index is 1130. The van der Waals surface area contributed by atoms with Crippen LogP contribution >= 0.6 is 11.6 Å². The molecule has 32 heavy (non-hydrogen) atoms. The van der Waals surface area contributed by atoms with E-state index in [1.165, 1.54) is 24.3 Å². The highest BCUT2D eigenvalue weighted by atomic mass is 35.5. The number of nitrogens with zero attached hydrogens (tertiary/aromatic N) is 3. The molecule has 2 aliphatic rings. The molecule has 0 N–H and O–H groups in total. The van der Waals surface area contributed by atoms with Crippen LogP contribution in [-0.2, 0) is 16.1 Å². The van der Waals surface area contributed by atoms with E-state index in [-0.39, 0.29) is 23.7 Å². The van der Waals surface area contributed by atoms with Crippen LogP contribution in [0.1, 0.15) is 29.3 Å². The maximum Gasteiger partial charge on any atom is 0.273 e. The van der Waals surface area contributed by atoms with Gasteiger partial charge in [0, 0.05) is 22.7 Å². The number of halogens is 1. The fraction of sp³-hybridized carbons (Fsp3) is 0.261. The van der Waals surface area contributed by atoms with E-state index in [1.807, 2.05) is 19.1 Å². The Morgan fingerprint density at radius 3 is 2.47 bits per heavy atom. The lowest BCUT2D eigenvalue weighted by molar-refractivity contribution is -0.384. The van der Waals surface area contributed by atoms with Gasteiger partial charge < -0.3 is 0 Å². The lowest BCUT2D eigenvalue weighted by Crippen LogP contribution is -2.50. The van der Waals surface area contributed by atoms with E-state index in [1.54, 1.807) is 24.3 Å². The molecule has 0 saturated carbocycles. The average molecular weight is 454 g/mol. The minimum absolute atomic E-state index is 0.103. The predicted octanol–water partition coefficient (Wildman–Crippen LogP) is 4.00. The fourth-order valence-corrected chi connectivity index (χ4v) is 4.46. The van der Waals surface area contributed by atoms with Gasteiger partial charge >= 0.3 is 0 Å². The number of non-ortho nitro benzene ring substituents is 1. The highest BCUT2D eigenvalue weighted by Gasteiger charge is 2.53. The smallest absolute Gasteiger partial charge is 0.272 e. The molecule has 0 radical (unpaired) electrons. The van der Waals surface area contributed by atoms with Gasteiger partial charge in [-0.05, 0) is 36.1 Å². The minimum atomic E-state index is -0.624. The summed E-state index contributed by atoms with van der Waals surface area (Å²) in [7, 11) is 0. The predicted molar refractivity (Wildman–Crippen MR) is 116 cm³/mol. The van der Waals surface area contributed by atoms with Gasteiger partial charge in [0.2, 0.25) is 0 Å². The van der Waals surface area contributed by atoms with Crippen LogP contribution in [0.4, 0.5) is 5.69 Å². The van der Waals surface area contributed by atoms with Gasteiger partial charge in [0.05, 0.1) is 23.3 Å². The number of benzene rings is 2. The first-order valence-electron chi connectivity index (χ1n) is 10.1. The summed E-state index contributed by atoms with van der Waals surface area (Å²) in [5, 5.41) is 13.4. The molecule has 0 spiro atoms. The van der Waals surface area contributed by atoms with Crippen molar-refractivity contribution in [2.45, 2.75) is 19.9 Å². The summed E-state index contributed by atoms with van der Waals surface area (Å²) in [5.41, 5.74) is 0.508. The van der Waals surface area contributed by atoms with Gasteiger partial charge in [-0.15, -0.1) is 0 Å². The number of carbonyl (C=O) groups is 3. The third-order valence-corrected chi connectivity index (χ3v) is 6.30. The molecule has 164 valence electrons. The molecule has 2 aromatic rings. The van der Waals surface area contributed by atoms with Gasteiger partial charge in [-0.3, -0.25) is 24.5 Å². The van der Waals surface area contributed by atoms with E-state index in [9.17, 15) is 24.5 Å². The van der Waals surface area contributed by atoms with Crippen molar-refractivity contribution in [2.24, 2.45) is 17.8 Å². The number of hydrogen-bond acceptors (Lipinski definition) is 5. The molecule has 1 saturated heterocycles. The first-order chi connectivity index (χ1) is 15.3. The lowest BCUT2D eigenvalue weighted by Gasteiger charge is -2.31. The molecule has 0 unspecified atom stereocenters. The number of nitro benzene ring substituents is 1. The second-order valence-electron chi connectivity index (χ2n) is 7.90. The third-order valence-electron chi connectivity index (χ3n) is 5.93. The first kappa shape index (κ1) is 21.7. The third kappa shape index (κ3) is 3.78. The van der Waals surface area contributed by atoms with Crippen molar-refractivity contribution in [3.05, 3.63) is 86.9 Å². The molecule has 4 rings (SSSR count). The zero-order valence-corrected chi connectivity index (χ0v) is 17.9. The van der Waals surface area contributed by atoms with Crippen LogP contribution in [0.2, 0.25) is 5.02 Å². The molecule has 8 nitrogen and oxygen atoms in total. The Labute approximate surface area is 189 Å². The Kier molecular flexibility index (Phi) is 5.80. The molecule has 3 amide bonds. The summed E-state index contributed by atoms with van der Waals surface area (Å²) in [6.07, 6.45) is 4.23. The summed E-state index contributed by atoms with van der Waals surface area (Å²) < 4.78 is 0. The number of hydrogen-bond donors (Lipinski definition) is 0. The van der Waals surface area contributed by atoms with Crippen molar-refractivity contribution in [1.29, 1.82) is 0 Å². The van der Waals surface area contributed by atoms with E-state index >= 15 is 0 Å². The summed E-state index contributed by atoms with van der Waals surface area (Å²) in [4.78, 5) is 50.4. The molecule has 9 heteroatoms. The van der Waals surface area contributed by atoms with Crippen molar-refractivity contribution < 1.29 is 19.3 Å². The highest BCUT2D eigenvalue weighted by molar-refractivity contribution is 6.31. The zero-order valence-electron chi connectivity index (χ0n) is 17.2. The van der Waals surface area contributed by atoms with E-state index in [0.717, 1.165) is 10.0 Å². The Morgan fingerprint density at radius 2 is 1.84 bits per heavy atom.